The molecule has 8 nitrogen and oxygen atoms in total. The number of anilines is 4. The summed E-state index contributed by atoms with van der Waals surface area (Å²) in [6.45, 7) is 0. The van der Waals surface area contributed by atoms with Crippen LogP contribution in [0.5, 0.6) is 0 Å². The van der Waals surface area contributed by atoms with Gasteiger partial charge in [-0.25, -0.2) is 0 Å². The molecule has 1 aliphatic rings. The molecule has 1 atom stereocenters. The van der Waals surface area contributed by atoms with E-state index in [-0.39, 0.29) is 23.8 Å². The number of carbonyl (C=O) groups excluding carboxylic acids is 2. The largest absolute Gasteiger partial charge is 0.324 e. The van der Waals surface area contributed by atoms with Gasteiger partial charge in [-0.2, -0.15) is 4.98 Å². The molecule has 0 fully saturated rings. The Balaban J connectivity index is 1.66. The molecule has 0 radical (unpaired) electrons. The molecule has 0 aliphatic carbocycles. The molecule has 1 aliphatic heterocycles. The normalized spacial score (nSPS) is 15.1. The number of benzene rings is 2. The summed E-state index contributed by atoms with van der Waals surface area (Å²) in [6.07, 6.45) is -0.205. The van der Waals surface area contributed by atoms with E-state index in [0.29, 0.717) is 26.4 Å². The van der Waals surface area contributed by atoms with Crippen molar-refractivity contribution in [3.63, 3.8) is 0 Å². The van der Waals surface area contributed by atoms with E-state index in [1.54, 1.807) is 36.4 Å². The fraction of sp³-hybridized carbons (Fsp3) is 0.100. The molecule has 1 aromatic heterocycles. The van der Waals surface area contributed by atoms with E-state index in [1.165, 1.54) is 6.07 Å². The van der Waals surface area contributed by atoms with Gasteiger partial charge in [0.25, 0.3) is 5.56 Å². The minimum atomic E-state index is -1.04. The van der Waals surface area contributed by atoms with Crippen LogP contribution in [0.4, 0.5) is 23.1 Å². The van der Waals surface area contributed by atoms with E-state index < -0.39 is 23.3 Å². The van der Waals surface area contributed by atoms with Crippen molar-refractivity contribution in [3.05, 3.63) is 73.4 Å². The number of halogens is 3. The number of fused-ring (bicyclic) bond motifs is 1. The van der Waals surface area contributed by atoms with Gasteiger partial charge in [-0.1, -0.05) is 46.9 Å². The Bertz CT molecular complexity index is 1260. The van der Waals surface area contributed by atoms with Crippen molar-refractivity contribution in [2.45, 2.75) is 12.3 Å². The van der Waals surface area contributed by atoms with Crippen LogP contribution in [0, 0.1) is 0 Å². The van der Waals surface area contributed by atoms with E-state index in [2.05, 4.69) is 25.9 Å². The number of hydrogen-bond donors (Lipinski definition) is 4. The van der Waals surface area contributed by atoms with Crippen molar-refractivity contribution >= 4 is 69.8 Å². The van der Waals surface area contributed by atoms with Crippen LogP contribution in [-0.4, -0.2) is 21.8 Å². The molecular weight excluding hydrogens is 465 g/mol. The van der Waals surface area contributed by atoms with Gasteiger partial charge in [-0.3, -0.25) is 19.4 Å². The Hall–Kier alpha value is -3.07. The third-order valence-electron chi connectivity index (χ3n) is 4.58. The average molecular weight is 479 g/mol. The number of nitrogens with zero attached hydrogens (tertiary/aromatic N) is 1. The van der Waals surface area contributed by atoms with Gasteiger partial charge in [0, 0.05) is 11.4 Å². The first-order valence-corrected chi connectivity index (χ1v) is 10.2. The standard InChI is InChI=1S/C20H14Cl3N5O3/c21-9-5-6-14(12(23)7-9)25-20-27-17-16(19(31)28-20)10(8-15(29)26-17)18(30)24-13-4-2-1-3-11(13)22/h1-7,10H,8H2,(H,24,30)(H3,25,26,27,28,29,31)/t10-/m0/s1. The van der Waals surface area contributed by atoms with E-state index in [4.69, 9.17) is 34.8 Å². The van der Waals surface area contributed by atoms with E-state index in [0.717, 1.165) is 0 Å². The van der Waals surface area contributed by atoms with Crippen LogP contribution >= 0.6 is 34.8 Å². The summed E-state index contributed by atoms with van der Waals surface area (Å²) in [5, 5.41) is 9.17. The van der Waals surface area contributed by atoms with E-state index in [9.17, 15) is 14.4 Å². The molecule has 0 unspecified atom stereocenters. The fourth-order valence-electron chi connectivity index (χ4n) is 3.16. The number of carbonyl (C=O) groups is 2. The maximum absolute atomic E-state index is 12.9. The number of para-hydroxylation sites is 1. The third-order valence-corrected chi connectivity index (χ3v) is 5.46. The van der Waals surface area contributed by atoms with Crippen molar-refractivity contribution in [2.75, 3.05) is 16.0 Å². The lowest BCUT2D eigenvalue weighted by atomic mass is 9.92. The van der Waals surface area contributed by atoms with Gasteiger partial charge < -0.3 is 16.0 Å². The number of nitrogens with one attached hydrogen (secondary N) is 4. The van der Waals surface area contributed by atoms with Gasteiger partial charge >= 0.3 is 0 Å². The van der Waals surface area contributed by atoms with Crippen LogP contribution in [-0.2, 0) is 9.59 Å². The highest BCUT2D eigenvalue weighted by Crippen LogP contribution is 2.32. The topological polar surface area (TPSA) is 116 Å². The van der Waals surface area contributed by atoms with Crippen LogP contribution in [0.15, 0.2) is 47.3 Å². The minimum absolute atomic E-state index is 0.00751. The Morgan fingerprint density at radius 3 is 2.55 bits per heavy atom. The molecule has 3 aromatic rings. The van der Waals surface area contributed by atoms with Gasteiger partial charge in [0.05, 0.1) is 32.9 Å². The maximum atomic E-state index is 12.9. The van der Waals surface area contributed by atoms with Gasteiger partial charge in [-0.05, 0) is 30.3 Å². The Morgan fingerprint density at radius 2 is 1.81 bits per heavy atom. The number of rotatable bonds is 4. The van der Waals surface area contributed by atoms with Crippen molar-refractivity contribution < 1.29 is 9.59 Å². The molecule has 4 N–H and O–H groups in total. The first-order chi connectivity index (χ1) is 14.8. The molecule has 2 aromatic carbocycles. The molecule has 4 rings (SSSR count). The van der Waals surface area contributed by atoms with Crippen LogP contribution in [0.1, 0.15) is 17.9 Å². The quantitative estimate of drug-likeness (QED) is 0.439. The highest BCUT2D eigenvalue weighted by molar-refractivity contribution is 6.36. The second-order valence-corrected chi connectivity index (χ2v) is 7.95. The zero-order valence-electron chi connectivity index (χ0n) is 15.6. The van der Waals surface area contributed by atoms with Crippen LogP contribution in [0.3, 0.4) is 0 Å². The molecule has 158 valence electrons. The second kappa shape index (κ2) is 8.58. The molecule has 2 amide bonds. The number of hydrogen-bond acceptors (Lipinski definition) is 5. The summed E-state index contributed by atoms with van der Waals surface area (Å²) in [7, 11) is 0. The molecule has 11 heteroatoms. The molecule has 31 heavy (non-hydrogen) atoms. The zero-order chi connectivity index (χ0) is 22.1. The predicted octanol–water partition coefficient (Wildman–Crippen LogP) is 4.54. The third kappa shape index (κ3) is 4.51. The first kappa shape index (κ1) is 21.2. The number of aromatic amines is 1. The highest BCUT2D eigenvalue weighted by Gasteiger charge is 2.35. The fourth-order valence-corrected chi connectivity index (χ4v) is 3.79. The Kier molecular flexibility index (Phi) is 5.86. The van der Waals surface area contributed by atoms with Gasteiger partial charge in [0.1, 0.15) is 5.82 Å². The summed E-state index contributed by atoms with van der Waals surface area (Å²) in [5.74, 6) is -1.99. The molecule has 0 saturated carbocycles. The number of H-pyrrole nitrogens is 1. The van der Waals surface area contributed by atoms with Crippen LogP contribution < -0.4 is 21.5 Å². The molecule has 0 saturated heterocycles. The molecular formula is C20H14Cl3N5O3. The zero-order valence-corrected chi connectivity index (χ0v) is 17.9. The molecule has 2 heterocycles. The molecule has 0 bridgehead atoms. The lowest BCUT2D eigenvalue weighted by Crippen LogP contribution is -2.36. The van der Waals surface area contributed by atoms with Crippen molar-refractivity contribution in [3.8, 4) is 0 Å². The van der Waals surface area contributed by atoms with Gasteiger partial charge in [0.15, 0.2) is 0 Å². The van der Waals surface area contributed by atoms with Crippen molar-refractivity contribution in [1.82, 2.24) is 9.97 Å². The van der Waals surface area contributed by atoms with E-state index >= 15 is 0 Å². The number of amides is 2. The predicted molar refractivity (Wildman–Crippen MR) is 121 cm³/mol. The smallest absolute Gasteiger partial charge is 0.258 e. The Labute approximate surface area is 190 Å². The number of aromatic nitrogens is 2. The summed E-state index contributed by atoms with van der Waals surface area (Å²) >= 11 is 18.1. The summed E-state index contributed by atoms with van der Waals surface area (Å²) in [5.41, 5.74) is 0.305. The van der Waals surface area contributed by atoms with E-state index in [1.807, 2.05) is 0 Å². The SMILES string of the molecule is O=C1C[C@H](C(=O)Nc2ccccc2Cl)c2c(nc(Nc3ccc(Cl)cc3Cl)[nH]c2=O)N1. The van der Waals surface area contributed by atoms with Crippen LogP contribution in [0.25, 0.3) is 0 Å². The van der Waals surface area contributed by atoms with Crippen molar-refractivity contribution in [1.29, 1.82) is 0 Å². The summed E-state index contributed by atoms with van der Waals surface area (Å²) < 4.78 is 0. The van der Waals surface area contributed by atoms with Crippen molar-refractivity contribution in [2.24, 2.45) is 0 Å². The second-order valence-electron chi connectivity index (χ2n) is 6.70. The minimum Gasteiger partial charge on any atom is -0.324 e. The van der Waals surface area contributed by atoms with Gasteiger partial charge in [-0.15, -0.1) is 0 Å². The Morgan fingerprint density at radius 1 is 1.03 bits per heavy atom. The van der Waals surface area contributed by atoms with Crippen LogP contribution in [0.2, 0.25) is 15.1 Å². The first-order valence-electron chi connectivity index (χ1n) is 9.03. The monoisotopic (exact) mass is 477 g/mol. The molecule has 0 spiro atoms. The summed E-state index contributed by atoms with van der Waals surface area (Å²) in [4.78, 5) is 44.7. The van der Waals surface area contributed by atoms with Gasteiger partial charge in [0.2, 0.25) is 17.8 Å². The lowest BCUT2D eigenvalue weighted by Gasteiger charge is -2.24. The average Bonchev–Trinajstić information content (AvgIpc) is 2.71. The maximum Gasteiger partial charge on any atom is 0.258 e. The lowest BCUT2D eigenvalue weighted by molar-refractivity contribution is -0.123. The highest BCUT2D eigenvalue weighted by atomic mass is 35.5. The summed E-state index contributed by atoms with van der Waals surface area (Å²) in [6, 6.07) is 11.4.